The Morgan fingerprint density at radius 2 is 2.30 bits per heavy atom. The average Bonchev–Trinajstić information content (AvgIpc) is 2.41. The number of carbonyl (C=O) groups is 1. The van der Waals surface area contributed by atoms with Crippen LogP contribution in [0.4, 0.5) is 5.69 Å². The lowest BCUT2D eigenvalue weighted by Crippen LogP contribution is -2.54. The molecule has 0 radical (unpaired) electrons. The summed E-state index contributed by atoms with van der Waals surface area (Å²) in [5.41, 5.74) is 0.114. The van der Waals surface area contributed by atoms with Crippen LogP contribution in [-0.4, -0.2) is 29.1 Å². The maximum Gasteiger partial charge on any atom is 0.244 e. The third-order valence-electron chi connectivity index (χ3n) is 3.49. The van der Waals surface area contributed by atoms with E-state index in [4.69, 9.17) is 4.74 Å². The highest BCUT2D eigenvalue weighted by Gasteiger charge is 2.34. The number of rotatable bonds is 4. The van der Waals surface area contributed by atoms with E-state index in [0.29, 0.717) is 11.6 Å². The molecule has 110 valence electrons. The van der Waals surface area contributed by atoms with Crippen molar-refractivity contribution in [2.24, 2.45) is 0 Å². The smallest absolute Gasteiger partial charge is 0.244 e. The quantitative estimate of drug-likeness (QED) is 0.886. The van der Waals surface area contributed by atoms with E-state index in [0.717, 1.165) is 25.8 Å². The van der Waals surface area contributed by atoms with Gasteiger partial charge < -0.3 is 15.4 Å². The van der Waals surface area contributed by atoms with Gasteiger partial charge in [0.05, 0.1) is 11.6 Å². The van der Waals surface area contributed by atoms with Crippen LogP contribution in [0.1, 0.15) is 40.0 Å². The summed E-state index contributed by atoms with van der Waals surface area (Å²) in [5.74, 6) is 0.439. The summed E-state index contributed by atoms with van der Waals surface area (Å²) in [6, 6.07) is 3.61. The van der Waals surface area contributed by atoms with Gasteiger partial charge in [-0.15, -0.1) is 0 Å². The van der Waals surface area contributed by atoms with E-state index in [-0.39, 0.29) is 12.0 Å². The Bertz CT molecular complexity index is 468. The van der Waals surface area contributed by atoms with E-state index in [2.05, 4.69) is 15.6 Å². The minimum absolute atomic E-state index is 0.0175. The second-order valence-electron chi connectivity index (χ2n) is 5.69. The number of nitrogens with zero attached hydrogens (tertiary/aromatic N) is 1. The molecule has 1 aliphatic rings. The Balaban J connectivity index is 2.11. The van der Waals surface area contributed by atoms with Gasteiger partial charge in [0.2, 0.25) is 11.8 Å². The first kappa shape index (κ1) is 14.8. The predicted octanol–water partition coefficient (Wildman–Crippen LogP) is 2.34. The number of ether oxygens (including phenoxy) is 1. The normalized spacial score (nSPS) is 22.6. The molecule has 0 aromatic carbocycles. The van der Waals surface area contributed by atoms with Gasteiger partial charge in [-0.3, -0.25) is 4.79 Å². The van der Waals surface area contributed by atoms with Crippen LogP contribution in [0.15, 0.2) is 18.3 Å². The summed E-state index contributed by atoms with van der Waals surface area (Å²) in [7, 11) is 0. The average molecular weight is 277 g/mol. The number of nitrogens with one attached hydrogen (secondary N) is 2. The number of hydrogen-bond acceptors (Lipinski definition) is 4. The second kappa shape index (κ2) is 6.22. The largest absolute Gasteiger partial charge is 0.473 e. The van der Waals surface area contributed by atoms with Crippen molar-refractivity contribution >= 4 is 11.6 Å². The van der Waals surface area contributed by atoms with Crippen LogP contribution in [0, 0.1) is 0 Å². The topological polar surface area (TPSA) is 63.2 Å². The first-order valence-electron chi connectivity index (χ1n) is 7.19. The van der Waals surface area contributed by atoms with Crippen molar-refractivity contribution in [1.29, 1.82) is 0 Å². The maximum absolute atomic E-state index is 12.5. The SMILES string of the molecule is CC(C)Oc1ncccc1NC(=O)C1(C)CCCCN1. The highest BCUT2D eigenvalue weighted by molar-refractivity contribution is 5.98. The van der Waals surface area contributed by atoms with Gasteiger partial charge in [-0.1, -0.05) is 0 Å². The summed E-state index contributed by atoms with van der Waals surface area (Å²) in [4.78, 5) is 16.7. The summed E-state index contributed by atoms with van der Waals surface area (Å²) in [5, 5.41) is 6.24. The Morgan fingerprint density at radius 3 is 2.95 bits per heavy atom. The van der Waals surface area contributed by atoms with Crippen molar-refractivity contribution < 1.29 is 9.53 Å². The first-order valence-corrected chi connectivity index (χ1v) is 7.19. The molecule has 0 bridgehead atoms. The van der Waals surface area contributed by atoms with E-state index in [9.17, 15) is 4.79 Å². The van der Waals surface area contributed by atoms with Crippen molar-refractivity contribution in [2.45, 2.75) is 51.7 Å². The summed E-state index contributed by atoms with van der Waals surface area (Å²) < 4.78 is 5.62. The fourth-order valence-corrected chi connectivity index (χ4v) is 2.31. The van der Waals surface area contributed by atoms with Crippen LogP contribution in [0.5, 0.6) is 5.88 Å². The molecule has 0 aliphatic carbocycles. The molecule has 1 saturated heterocycles. The van der Waals surface area contributed by atoms with Gasteiger partial charge in [0.25, 0.3) is 0 Å². The molecule has 2 N–H and O–H groups in total. The standard InChI is InChI=1S/C15H23N3O2/c1-11(2)20-13-12(7-6-9-16-13)18-14(19)15(3)8-4-5-10-17-15/h6-7,9,11,17H,4-5,8,10H2,1-3H3,(H,18,19). The number of piperidine rings is 1. The molecule has 20 heavy (non-hydrogen) atoms. The van der Waals surface area contributed by atoms with Crippen LogP contribution in [0.3, 0.4) is 0 Å². The lowest BCUT2D eigenvalue weighted by Gasteiger charge is -2.33. The maximum atomic E-state index is 12.5. The monoisotopic (exact) mass is 277 g/mol. The van der Waals surface area contributed by atoms with E-state index >= 15 is 0 Å². The first-order chi connectivity index (χ1) is 9.51. The van der Waals surface area contributed by atoms with Gasteiger partial charge in [-0.2, -0.15) is 0 Å². The van der Waals surface area contributed by atoms with Crippen LogP contribution < -0.4 is 15.4 Å². The Morgan fingerprint density at radius 1 is 1.50 bits per heavy atom. The lowest BCUT2D eigenvalue weighted by molar-refractivity contribution is -0.122. The van der Waals surface area contributed by atoms with Crippen LogP contribution in [0.2, 0.25) is 0 Å². The Labute approximate surface area is 120 Å². The summed E-state index contributed by atoms with van der Waals surface area (Å²) >= 11 is 0. The van der Waals surface area contributed by atoms with Gasteiger partial charge in [0.1, 0.15) is 5.69 Å². The van der Waals surface area contributed by atoms with E-state index in [1.807, 2.05) is 26.8 Å². The van der Waals surface area contributed by atoms with Crippen molar-refractivity contribution in [3.05, 3.63) is 18.3 Å². The molecule has 0 saturated carbocycles. The zero-order chi connectivity index (χ0) is 14.6. The molecule has 1 amide bonds. The molecule has 1 fully saturated rings. The third-order valence-corrected chi connectivity index (χ3v) is 3.49. The summed E-state index contributed by atoms with van der Waals surface area (Å²) in [6.45, 7) is 6.70. The van der Waals surface area contributed by atoms with Crippen LogP contribution in [-0.2, 0) is 4.79 Å². The molecule has 1 unspecified atom stereocenters. The van der Waals surface area contributed by atoms with Crippen LogP contribution >= 0.6 is 0 Å². The number of hydrogen-bond donors (Lipinski definition) is 2. The van der Waals surface area contributed by atoms with Gasteiger partial charge in [-0.05, 0) is 58.7 Å². The fourth-order valence-electron chi connectivity index (χ4n) is 2.31. The third kappa shape index (κ3) is 3.48. The Hall–Kier alpha value is -1.62. The molecule has 5 nitrogen and oxygen atoms in total. The second-order valence-corrected chi connectivity index (χ2v) is 5.69. The number of anilines is 1. The van der Waals surface area contributed by atoms with Crippen molar-refractivity contribution in [1.82, 2.24) is 10.3 Å². The minimum atomic E-state index is -0.511. The molecule has 1 aromatic rings. The highest BCUT2D eigenvalue weighted by atomic mass is 16.5. The molecule has 1 aliphatic heterocycles. The molecule has 1 atom stereocenters. The van der Waals surface area contributed by atoms with Gasteiger partial charge in [0.15, 0.2) is 0 Å². The van der Waals surface area contributed by atoms with E-state index < -0.39 is 5.54 Å². The summed E-state index contributed by atoms with van der Waals surface area (Å²) in [6.07, 6.45) is 4.72. The predicted molar refractivity (Wildman–Crippen MR) is 78.9 cm³/mol. The molecule has 1 aromatic heterocycles. The molecular formula is C15H23N3O2. The number of carbonyl (C=O) groups excluding carboxylic acids is 1. The van der Waals surface area contributed by atoms with Gasteiger partial charge in [0, 0.05) is 6.20 Å². The molecular weight excluding hydrogens is 254 g/mol. The highest BCUT2D eigenvalue weighted by Crippen LogP contribution is 2.25. The van der Waals surface area contributed by atoms with E-state index in [1.54, 1.807) is 12.3 Å². The van der Waals surface area contributed by atoms with Crippen molar-refractivity contribution in [3.8, 4) is 5.88 Å². The minimum Gasteiger partial charge on any atom is -0.473 e. The van der Waals surface area contributed by atoms with Crippen molar-refractivity contribution in [3.63, 3.8) is 0 Å². The van der Waals surface area contributed by atoms with Crippen LogP contribution in [0.25, 0.3) is 0 Å². The van der Waals surface area contributed by atoms with E-state index in [1.165, 1.54) is 0 Å². The number of aromatic nitrogens is 1. The zero-order valence-electron chi connectivity index (χ0n) is 12.4. The number of pyridine rings is 1. The molecule has 0 spiro atoms. The van der Waals surface area contributed by atoms with Gasteiger partial charge >= 0.3 is 0 Å². The Kier molecular flexibility index (Phi) is 4.60. The van der Waals surface area contributed by atoms with Crippen molar-refractivity contribution in [2.75, 3.05) is 11.9 Å². The molecule has 5 heteroatoms. The molecule has 2 rings (SSSR count). The van der Waals surface area contributed by atoms with Gasteiger partial charge in [-0.25, -0.2) is 4.98 Å². The zero-order valence-corrected chi connectivity index (χ0v) is 12.4. The lowest BCUT2D eigenvalue weighted by atomic mass is 9.90. The number of amides is 1. The molecule has 2 heterocycles. The fraction of sp³-hybridized carbons (Fsp3) is 0.600.